The fourth-order valence-electron chi connectivity index (χ4n) is 3.39. The largest absolute Gasteiger partial charge is 0.493 e. The smallest absolute Gasteiger partial charge is 0.257 e. The summed E-state index contributed by atoms with van der Waals surface area (Å²) >= 11 is 7.35. The second kappa shape index (κ2) is 8.33. The van der Waals surface area contributed by atoms with Crippen molar-refractivity contribution in [2.24, 2.45) is 0 Å². The van der Waals surface area contributed by atoms with E-state index in [9.17, 15) is 4.79 Å². The Kier molecular flexibility index (Phi) is 5.64. The zero-order chi connectivity index (χ0) is 19.5. The molecule has 0 fully saturated rings. The van der Waals surface area contributed by atoms with Gasteiger partial charge in [-0.2, -0.15) is 0 Å². The van der Waals surface area contributed by atoms with Gasteiger partial charge in [-0.25, -0.2) is 4.98 Å². The summed E-state index contributed by atoms with van der Waals surface area (Å²) in [6, 6.07) is 13.2. The van der Waals surface area contributed by atoms with Crippen LogP contribution in [0, 0.1) is 6.92 Å². The van der Waals surface area contributed by atoms with E-state index in [4.69, 9.17) is 16.3 Å². The van der Waals surface area contributed by atoms with Crippen LogP contribution in [0.15, 0.2) is 42.5 Å². The molecule has 1 heterocycles. The highest BCUT2D eigenvalue weighted by Gasteiger charge is 2.13. The number of rotatable bonds is 6. The van der Waals surface area contributed by atoms with Gasteiger partial charge >= 0.3 is 0 Å². The molecule has 4 rings (SSSR count). The summed E-state index contributed by atoms with van der Waals surface area (Å²) in [5, 5.41) is 4.07. The van der Waals surface area contributed by atoms with Crippen LogP contribution in [0.1, 0.15) is 38.5 Å². The summed E-state index contributed by atoms with van der Waals surface area (Å²) in [6.45, 7) is 2.58. The molecule has 0 saturated carbocycles. The van der Waals surface area contributed by atoms with E-state index < -0.39 is 0 Å². The number of carbonyl (C=O) groups excluding carboxylic acids is 1. The van der Waals surface area contributed by atoms with Gasteiger partial charge in [-0.15, -0.1) is 11.3 Å². The molecule has 1 aliphatic rings. The predicted molar refractivity (Wildman–Crippen MR) is 114 cm³/mol. The van der Waals surface area contributed by atoms with Crippen molar-refractivity contribution in [2.45, 2.75) is 32.6 Å². The third-order valence-corrected chi connectivity index (χ3v) is 6.08. The Morgan fingerprint density at radius 1 is 1.18 bits per heavy atom. The van der Waals surface area contributed by atoms with Crippen molar-refractivity contribution < 1.29 is 9.53 Å². The molecule has 1 amide bonds. The predicted octanol–water partition coefficient (Wildman–Crippen LogP) is 5.47. The van der Waals surface area contributed by atoms with Crippen LogP contribution in [0.5, 0.6) is 5.75 Å². The molecule has 1 N–H and O–H groups in total. The number of nitrogens with zero attached hydrogens (tertiary/aromatic N) is 1. The maximum absolute atomic E-state index is 12.3. The SMILES string of the molecule is Cc1sc(NC(=O)c2ccc(Cl)cc2)nc1CCOc1ccc2c(c1)CCC2. The third kappa shape index (κ3) is 4.37. The molecule has 0 saturated heterocycles. The minimum atomic E-state index is -0.189. The summed E-state index contributed by atoms with van der Waals surface area (Å²) in [5.41, 5.74) is 4.37. The number of hydrogen-bond donors (Lipinski definition) is 1. The first kappa shape index (κ1) is 19.0. The van der Waals surface area contributed by atoms with E-state index in [1.165, 1.54) is 35.3 Å². The van der Waals surface area contributed by atoms with Gasteiger partial charge in [0.2, 0.25) is 0 Å². The summed E-state index contributed by atoms with van der Waals surface area (Å²) < 4.78 is 5.93. The number of hydrogen-bond acceptors (Lipinski definition) is 4. The van der Waals surface area contributed by atoms with E-state index >= 15 is 0 Å². The van der Waals surface area contributed by atoms with E-state index in [2.05, 4.69) is 28.5 Å². The second-order valence-electron chi connectivity index (χ2n) is 6.87. The Bertz CT molecular complexity index is 998. The molecule has 4 nitrogen and oxygen atoms in total. The van der Waals surface area contributed by atoms with Crippen molar-refractivity contribution in [3.63, 3.8) is 0 Å². The molecule has 28 heavy (non-hydrogen) atoms. The highest BCUT2D eigenvalue weighted by molar-refractivity contribution is 7.15. The molecular weight excluding hydrogens is 392 g/mol. The van der Waals surface area contributed by atoms with Crippen LogP contribution >= 0.6 is 22.9 Å². The molecule has 0 unspecified atom stereocenters. The van der Waals surface area contributed by atoms with Gasteiger partial charge in [-0.05, 0) is 73.7 Å². The van der Waals surface area contributed by atoms with Gasteiger partial charge in [0.15, 0.2) is 5.13 Å². The van der Waals surface area contributed by atoms with Crippen molar-refractivity contribution in [1.29, 1.82) is 0 Å². The molecular formula is C22H21ClN2O2S. The number of fused-ring (bicyclic) bond motifs is 1. The maximum atomic E-state index is 12.3. The Labute approximate surface area is 173 Å². The van der Waals surface area contributed by atoms with Gasteiger partial charge in [0.1, 0.15) is 5.75 Å². The van der Waals surface area contributed by atoms with Gasteiger partial charge in [0.25, 0.3) is 5.91 Å². The molecule has 0 radical (unpaired) electrons. The molecule has 1 aromatic heterocycles. The van der Waals surface area contributed by atoms with Crippen LogP contribution in [-0.4, -0.2) is 17.5 Å². The van der Waals surface area contributed by atoms with E-state index in [0.29, 0.717) is 28.7 Å². The number of amides is 1. The molecule has 0 spiro atoms. The van der Waals surface area contributed by atoms with Gasteiger partial charge in [0, 0.05) is 21.9 Å². The molecule has 0 bridgehead atoms. The van der Waals surface area contributed by atoms with Crippen LogP contribution in [0.3, 0.4) is 0 Å². The summed E-state index contributed by atoms with van der Waals surface area (Å²) in [7, 11) is 0. The zero-order valence-electron chi connectivity index (χ0n) is 15.6. The quantitative estimate of drug-likeness (QED) is 0.584. The van der Waals surface area contributed by atoms with Crippen LogP contribution in [-0.2, 0) is 19.3 Å². The molecule has 3 aromatic rings. The van der Waals surface area contributed by atoms with Crippen molar-refractivity contribution in [3.8, 4) is 5.75 Å². The summed E-state index contributed by atoms with van der Waals surface area (Å²) in [6.07, 6.45) is 4.27. The molecule has 1 aliphatic carbocycles. The normalized spacial score (nSPS) is 12.6. The Morgan fingerprint density at radius 2 is 1.96 bits per heavy atom. The highest BCUT2D eigenvalue weighted by atomic mass is 35.5. The fraction of sp³-hybridized carbons (Fsp3) is 0.273. The first-order valence-corrected chi connectivity index (χ1v) is 10.6. The van der Waals surface area contributed by atoms with Crippen LogP contribution in [0.2, 0.25) is 5.02 Å². The number of carbonyl (C=O) groups is 1. The summed E-state index contributed by atoms with van der Waals surface area (Å²) in [5.74, 6) is 0.733. The highest BCUT2D eigenvalue weighted by Crippen LogP contribution is 2.27. The van der Waals surface area contributed by atoms with E-state index in [1.54, 1.807) is 24.3 Å². The number of aryl methyl sites for hydroxylation is 3. The Hall–Kier alpha value is -2.37. The standard InChI is InChI=1S/C22H21ClN2O2S/c1-14-20(11-12-27-19-10-7-15-3-2-4-17(15)13-19)24-22(28-14)25-21(26)16-5-8-18(23)9-6-16/h5-10,13H,2-4,11-12H2,1H3,(H,24,25,26). The molecule has 144 valence electrons. The summed E-state index contributed by atoms with van der Waals surface area (Å²) in [4.78, 5) is 18.0. The average molecular weight is 413 g/mol. The minimum Gasteiger partial charge on any atom is -0.493 e. The number of halogens is 1. The molecule has 0 atom stereocenters. The van der Waals surface area contributed by atoms with Crippen molar-refractivity contribution in [3.05, 3.63) is 74.7 Å². The van der Waals surface area contributed by atoms with Crippen molar-refractivity contribution >= 4 is 34.0 Å². The number of benzene rings is 2. The lowest BCUT2D eigenvalue weighted by Crippen LogP contribution is -2.11. The minimum absolute atomic E-state index is 0.189. The third-order valence-electron chi connectivity index (χ3n) is 4.90. The van der Waals surface area contributed by atoms with Crippen molar-refractivity contribution in [2.75, 3.05) is 11.9 Å². The first-order chi connectivity index (χ1) is 13.6. The number of anilines is 1. The Balaban J connectivity index is 1.34. The molecule has 2 aromatic carbocycles. The molecule has 6 heteroatoms. The monoisotopic (exact) mass is 412 g/mol. The van der Waals surface area contributed by atoms with E-state index in [0.717, 1.165) is 22.7 Å². The lowest BCUT2D eigenvalue weighted by Gasteiger charge is -2.07. The van der Waals surface area contributed by atoms with Crippen LogP contribution in [0.4, 0.5) is 5.13 Å². The van der Waals surface area contributed by atoms with E-state index in [1.807, 2.05) is 6.92 Å². The lowest BCUT2D eigenvalue weighted by molar-refractivity contribution is 0.102. The Morgan fingerprint density at radius 3 is 2.79 bits per heavy atom. The van der Waals surface area contributed by atoms with Crippen molar-refractivity contribution in [1.82, 2.24) is 4.98 Å². The van der Waals surface area contributed by atoms with Gasteiger partial charge in [-0.1, -0.05) is 17.7 Å². The number of aromatic nitrogens is 1. The maximum Gasteiger partial charge on any atom is 0.257 e. The van der Waals surface area contributed by atoms with Crippen LogP contribution < -0.4 is 10.1 Å². The average Bonchev–Trinajstić information content (AvgIpc) is 3.28. The number of ether oxygens (including phenoxy) is 1. The molecule has 0 aliphatic heterocycles. The lowest BCUT2D eigenvalue weighted by atomic mass is 10.1. The van der Waals surface area contributed by atoms with Gasteiger partial charge < -0.3 is 4.74 Å². The van der Waals surface area contributed by atoms with Gasteiger partial charge in [-0.3, -0.25) is 10.1 Å². The van der Waals surface area contributed by atoms with Crippen LogP contribution in [0.25, 0.3) is 0 Å². The second-order valence-corrected chi connectivity index (χ2v) is 8.51. The van der Waals surface area contributed by atoms with E-state index in [-0.39, 0.29) is 5.91 Å². The van der Waals surface area contributed by atoms with Gasteiger partial charge in [0.05, 0.1) is 12.3 Å². The first-order valence-electron chi connectivity index (χ1n) is 9.36. The zero-order valence-corrected chi connectivity index (χ0v) is 17.2. The topological polar surface area (TPSA) is 51.2 Å². The fourth-order valence-corrected chi connectivity index (χ4v) is 4.37. The number of nitrogens with one attached hydrogen (secondary N) is 1. The number of thiazole rings is 1.